The second kappa shape index (κ2) is 8.45. The minimum absolute atomic E-state index is 0.170. The van der Waals surface area contributed by atoms with Gasteiger partial charge in [-0.25, -0.2) is 4.68 Å². The molecule has 1 aliphatic heterocycles. The van der Waals surface area contributed by atoms with Crippen LogP contribution in [-0.2, 0) is 17.5 Å². The van der Waals surface area contributed by atoms with Gasteiger partial charge in [-0.05, 0) is 22.6 Å². The van der Waals surface area contributed by atoms with Crippen molar-refractivity contribution in [2.45, 2.75) is 31.7 Å². The summed E-state index contributed by atoms with van der Waals surface area (Å²) in [6, 6.07) is 5.18. The lowest BCUT2D eigenvalue weighted by atomic mass is 10.1. The third-order valence-electron chi connectivity index (χ3n) is 4.62. The highest BCUT2D eigenvalue weighted by Crippen LogP contribution is 2.37. The van der Waals surface area contributed by atoms with E-state index >= 15 is 0 Å². The van der Waals surface area contributed by atoms with Crippen molar-refractivity contribution < 1.29 is 27.8 Å². The maximum absolute atomic E-state index is 13.2. The molecule has 31 heavy (non-hydrogen) atoms. The summed E-state index contributed by atoms with van der Waals surface area (Å²) in [7, 11) is 0. The van der Waals surface area contributed by atoms with Gasteiger partial charge < -0.3 is 14.7 Å². The van der Waals surface area contributed by atoms with Gasteiger partial charge in [0.1, 0.15) is 18.4 Å². The van der Waals surface area contributed by atoms with Crippen molar-refractivity contribution in [3.63, 3.8) is 0 Å². The van der Waals surface area contributed by atoms with Crippen molar-refractivity contribution in [2.75, 3.05) is 18.0 Å². The Balaban J connectivity index is 1.40. The minimum atomic E-state index is -4.48. The van der Waals surface area contributed by atoms with Gasteiger partial charge in [-0.1, -0.05) is 23.5 Å². The number of anilines is 1. The van der Waals surface area contributed by atoms with Crippen LogP contribution in [0.5, 0.6) is 5.75 Å². The number of halogens is 3. The SMILES string of the molecule is O=C(O)Cn1nnnc1-c1nnc(N2CCC(Oc3ccccc3C(F)(F)F)CC2)s1. The molecule has 0 amide bonds. The van der Waals surface area contributed by atoms with Gasteiger partial charge in [0.05, 0.1) is 5.56 Å². The van der Waals surface area contributed by atoms with Gasteiger partial charge in [-0.2, -0.15) is 13.2 Å². The molecule has 2 aromatic heterocycles. The van der Waals surface area contributed by atoms with E-state index in [0.717, 1.165) is 10.7 Å². The van der Waals surface area contributed by atoms with E-state index in [-0.39, 0.29) is 17.7 Å². The number of benzene rings is 1. The van der Waals surface area contributed by atoms with Crippen molar-refractivity contribution in [1.29, 1.82) is 0 Å². The van der Waals surface area contributed by atoms with Gasteiger partial charge in [0.25, 0.3) is 0 Å². The molecule has 1 saturated heterocycles. The molecule has 10 nitrogen and oxygen atoms in total. The Bertz CT molecular complexity index is 1060. The Morgan fingerprint density at radius 3 is 2.65 bits per heavy atom. The van der Waals surface area contributed by atoms with E-state index in [2.05, 4.69) is 25.7 Å². The average Bonchev–Trinajstić information content (AvgIpc) is 3.37. The number of rotatable bonds is 6. The Hall–Kier alpha value is -3.29. The van der Waals surface area contributed by atoms with Crippen molar-refractivity contribution in [3.8, 4) is 16.6 Å². The van der Waals surface area contributed by atoms with Crippen molar-refractivity contribution in [3.05, 3.63) is 29.8 Å². The first kappa shape index (κ1) is 21.0. The van der Waals surface area contributed by atoms with E-state index in [1.807, 2.05) is 4.90 Å². The molecule has 3 heterocycles. The molecule has 0 aliphatic carbocycles. The molecule has 1 aliphatic rings. The van der Waals surface area contributed by atoms with Crippen molar-refractivity contribution in [1.82, 2.24) is 30.4 Å². The first-order chi connectivity index (χ1) is 14.8. The quantitative estimate of drug-likeness (QED) is 0.597. The van der Waals surface area contributed by atoms with Crippen LogP contribution in [-0.4, -0.2) is 60.7 Å². The summed E-state index contributed by atoms with van der Waals surface area (Å²) in [6.07, 6.45) is -3.80. The second-order valence-corrected chi connectivity index (χ2v) is 7.70. The fourth-order valence-corrected chi connectivity index (χ4v) is 4.06. The number of carbonyl (C=O) groups is 1. The molecule has 1 aromatic carbocycles. The summed E-state index contributed by atoms with van der Waals surface area (Å²) in [5.74, 6) is -1.06. The average molecular weight is 455 g/mol. The molecule has 0 bridgehead atoms. The van der Waals surface area contributed by atoms with E-state index in [1.165, 1.54) is 29.5 Å². The summed E-state index contributed by atoms with van der Waals surface area (Å²) < 4.78 is 46.2. The molecule has 0 spiro atoms. The van der Waals surface area contributed by atoms with Crippen LogP contribution < -0.4 is 9.64 Å². The fraction of sp³-hybridized carbons (Fsp3) is 0.412. The minimum Gasteiger partial charge on any atom is -0.490 e. The molecule has 4 rings (SSSR count). The third kappa shape index (κ3) is 4.73. The number of alkyl halides is 3. The van der Waals surface area contributed by atoms with Gasteiger partial charge >= 0.3 is 12.1 Å². The molecule has 3 aromatic rings. The Morgan fingerprint density at radius 1 is 1.19 bits per heavy atom. The molecule has 0 atom stereocenters. The summed E-state index contributed by atoms with van der Waals surface area (Å²) in [6.45, 7) is 0.639. The topological polar surface area (TPSA) is 119 Å². The molecule has 164 valence electrons. The Morgan fingerprint density at radius 2 is 1.94 bits per heavy atom. The summed E-state index contributed by atoms with van der Waals surface area (Å²) in [5.41, 5.74) is -0.787. The Kier molecular flexibility index (Phi) is 5.71. The normalized spacial score (nSPS) is 15.3. The van der Waals surface area contributed by atoms with Crippen LogP contribution in [0.15, 0.2) is 24.3 Å². The lowest BCUT2D eigenvalue weighted by Gasteiger charge is -2.32. The maximum atomic E-state index is 13.2. The zero-order valence-electron chi connectivity index (χ0n) is 15.9. The van der Waals surface area contributed by atoms with E-state index in [1.54, 1.807) is 0 Å². The van der Waals surface area contributed by atoms with Crippen LogP contribution in [0.1, 0.15) is 18.4 Å². The van der Waals surface area contributed by atoms with Gasteiger partial charge in [0.2, 0.25) is 11.0 Å². The standard InChI is InChI=1S/C17H16F3N7O3S/c18-17(19,20)11-3-1-2-4-12(11)30-10-5-7-26(8-6-10)16-23-22-15(31-16)14-21-24-25-27(14)9-13(28)29/h1-4,10H,5-9H2,(H,28,29). The van der Waals surface area contributed by atoms with E-state index in [9.17, 15) is 18.0 Å². The van der Waals surface area contributed by atoms with Crippen molar-refractivity contribution in [2.24, 2.45) is 0 Å². The van der Waals surface area contributed by atoms with Crippen LogP contribution in [0.3, 0.4) is 0 Å². The number of aromatic nitrogens is 6. The van der Waals surface area contributed by atoms with E-state index < -0.39 is 24.3 Å². The predicted octanol–water partition coefficient (Wildman–Crippen LogP) is 2.34. The number of para-hydroxylation sites is 1. The fourth-order valence-electron chi connectivity index (χ4n) is 3.17. The van der Waals surface area contributed by atoms with E-state index in [4.69, 9.17) is 9.84 Å². The number of hydrogen-bond donors (Lipinski definition) is 1. The number of piperidine rings is 1. The molecule has 0 unspecified atom stereocenters. The third-order valence-corrected chi connectivity index (χ3v) is 5.60. The van der Waals surface area contributed by atoms with Crippen LogP contribution in [0.2, 0.25) is 0 Å². The number of nitrogens with zero attached hydrogens (tertiary/aromatic N) is 7. The van der Waals surface area contributed by atoms with Crippen LogP contribution in [0, 0.1) is 0 Å². The molecular weight excluding hydrogens is 439 g/mol. The monoisotopic (exact) mass is 455 g/mol. The number of carboxylic acid groups (broad SMARTS) is 1. The van der Waals surface area contributed by atoms with Gasteiger partial charge in [0.15, 0.2) is 5.01 Å². The lowest BCUT2D eigenvalue weighted by molar-refractivity contribution is -0.139. The predicted molar refractivity (Wildman–Crippen MR) is 102 cm³/mol. The highest BCUT2D eigenvalue weighted by Gasteiger charge is 2.35. The number of tetrazole rings is 1. The first-order valence-electron chi connectivity index (χ1n) is 9.21. The molecule has 1 N–H and O–H groups in total. The second-order valence-electron chi connectivity index (χ2n) is 6.74. The van der Waals surface area contributed by atoms with Crippen LogP contribution in [0.25, 0.3) is 10.8 Å². The molecule has 1 fully saturated rings. The van der Waals surface area contributed by atoms with E-state index in [0.29, 0.717) is 36.1 Å². The zero-order valence-corrected chi connectivity index (χ0v) is 16.7. The molecular formula is C17H16F3N7O3S. The largest absolute Gasteiger partial charge is 0.490 e. The molecule has 0 radical (unpaired) electrons. The smallest absolute Gasteiger partial charge is 0.419 e. The number of carboxylic acids is 1. The number of aliphatic carboxylic acids is 1. The van der Waals surface area contributed by atoms with Gasteiger partial charge in [0, 0.05) is 25.9 Å². The number of ether oxygens (including phenoxy) is 1. The number of hydrogen-bond acceptors (Lipinski definition) is 9. The first-order valence-corrected chi connectivity index (χ1v) is 10.0. The zero-order chi connectivity index (χ0) is 22.0. The lowest BCUT2D eigenvalue weighted by Crippen LogP contribution is -2.38. The van der Waals surface area contributed by atoms with Crippen molar-refractivity contribution >= 4 is 22.4 Å². The molecule has 14 heteroatoms. The van der Waals surface area contributed by atoms with Crippen LogP contribution in [0.4, 0.5) is 18.3 Å². The van der Waals surface area contributed by atoms with Gasteiger partial charge in [-0.15, -0.1) is 15.3 Å². The van der Waals surface area contributed by atoms with Gasteiger partial charge in [-0.3, -0.25) is 4.79 Å². The Labute approximate surface area is 177 Å². The summed E-state index contributed by atoms with van der Waals surface area (Å²) in [5, 5.41) is 29.0. The summed E-state index contributed by atoms with van der Waals surface area (Å²) >= 11 is 1.21. The van der Waals surface area contributed by atoms with Crippen LogP contribution >= 0.6 is 11.3 Å². The highest BCUT2D eigenvalue weighted by atomic mass is 32.1. The molecule has 0 saturated carbocycles. The highest BCUT2D eigenvalue weighted by molar-refractivity contribution is 7.18. The summed E-state index contributed by atoms with van der Waals surface area (Å²) in [4.78, 5) is 12.9. The maximum Gasteiger partial charge on any atom is 0.419 e.